The van der Waals surface area contributed by atoms with Gasteiger partial charge >= 0.3 is 11.8 Å². The Balaban J connectivity index is 1.56. The Labute approximate surface area is 219 Å². The molecule has 37 heavy (non-hydrogen) atoms. The third-order valence-electron chi connectivity index (χ3n) is 5.09. The number of hydrazone groups is 1. The first-order valence-corrected chi connectivity index (χ1v) is 11.8. The minimum atomic E-state index is -0.948. The number of aryl methyl sites for hydroxylation is 2. The van der Waals surface area contributed by atoms with Crippen LogP contribution >= 0.6 is 11.6 Å². The van der Waals surface area contributed by atoms with Crippen LogP contribution in [0.1, 0.15) is 23.6 Å². The van der Waals surface area contributed by atoms with Crippen molar-refractivity contribution in [3.8, 4) is 11.5 Å². The van der Waals surface area contributed by atoms with Gasteiger partial charge in [0.25, 0.3) is 5.91 Å². The van der Waals surface area contributed by atoms with Crippen molar-refractivity contribution >= 4 is 46.9 Å². The SMILES string of the molecule is CCOc1cc(/C=N\NC(=O)C(=O)Nc2cccc(Cl)c2)ccc1OCC(=O)Nc1ccc(C)c(C)c1. The first-order valence-electron chi connectivity index (χ1n) is 11.4. The number of rotatable bonds is 9. The fourth-order valence-electron chi connectivity index (χ4n) is 3.12. The first-order chi connectivity index (χ1) is 17.7. The van der Waals surface area contributed by atoms with Crippen molar-refractivity contribution in [1.82, 2.24) is 5.43 Å². The Hall–Kier alpha value is -4.37. The highest BCUT2D eigenvalue weighted by Gasteiger charge is 2.13. The van der Waals surface area contributed by atoms with Crippen LogP contribution in [0.3, 0.4) is 0 Å². The minimum absolute atomic E-state index is 0.210. The molecule has 0 aliphatic heterocycles. The molecular weight excluding hydrogens is 496 g/mol. The van der Waals surface area contributed by atoms with Gasteiger partial charge in [0.05, 0.1) is 12.8 Å². The van der Waals surface area contributed by atoms with Crippen LogP contribution in [0.4, 0.5) is 11.4 Å². The maximum absolute atomic E-state index is 12.3. The predicted octanol–water partition coefficient (Wildman–Crippen LogP) is 4.46. The number of benzene rings is 3. The third kappa shape index (κ3) is 8.36. The van der Waals surface area contributed by atoms with Gasteiger partial charge in [0.15, 0.2) is 18.1 Å². The summed E-state index contributed by atoms with van der Waals surface area (Å²) in [6.07, 6.45) is 1.35. The van der Waals surface area contributed by atoms with E-state index in [1.807, 2.05) is 39.0 Å². The molecule has 0 aliphatic rings. The average molecular weight is 523 g/mol. The summed E-state index contributed by atoms with van der Waals surface area (Å²) < 4.78 is 11.3. The molecule has 9 nitrogen and oxygen atoms in total. The fourth-order valence-corrected chi connectivity index (χ4v) is 3.31. The lowest BCUT2D eigenvalue weighted by Crippen LogP contribution is -2.32. The van der Waals surface area contributed by atoms with E-state index in [2.05, 4.69) is 21.2 Å². The van der Waals surface area contributed by atoms with Gasteiger partial charge in [0, 0.05) is 16.4 Å². The molecule has 192 valence electrons. The Bertz CT molecular complexity index is 1330. The fraction of sp³-hybridized carbons (Fsp3) is 0.185. The van der Waals surface area contributed by atoms with Gasteiger partial charge in [-0.15, -0.1) is 0 Å². The Morgan fingerprint density at radius 2 is 1.65 bits per heavy atom. The summed E-state index contributed by atoms with van der Waals surface area (Å²) in [6.45, 7) is 5.95. The van der Waals surface area contributed by atoms with E-state index in [0.29, 0.717) is 40.1 Å². The Morgan fingerprint density at radius 1 is 0.865 bits per heavy atom. The molecule has 0 saturated heterocycles. The van der Waals surface area contributed by atoms with Crippen LogP contribution in [0, 0.1) is 13.8 Å². The Kier molecular flexibility index (Phi) is 9.62. The zero-order chi connectivity index (χ0) is 26.8. The number of nitrogens with one attached hydrogen (secondary N) is 3. The summed E-state index contributed by atoms with van der Waals surface area (Å²) in [7, 11) is 0. The van der Waals surface area contributed by atoms with Crippen molar-refractivity contribution in [3.05, 3.63) is 82.4 Å². The smallest absolute Gasteiger partial charge is 0.329 e. The summed E-state index contributed by atoms with van der Waals surface area (Å²) >= 11 is 5.87. The van der Waals surface area contributed by atoms with Gasteiger partial charge in [0.2, 0.25) is 0 Å². The molecule has 0 atom stereocenters. The number of anilines is 2. The maximum atomic E-state index is 12.3. The van der Waals surface area contributed by atoms with Gasteiger partial charge < -0.3 is 20.1 Å². The van der Waals surface area contributed by atoms with Crippen LogP contribution < -0.4 is 25.5 Å². The number of hydrogen-bond acceptors (Lipinski definition) is 6. The number of carbonyl (C=O) groups is 3. The minimum Gasteiger partial charge on any atom is -0.490 e. The summed E-state index contributed by atoms with van der Waals surface area (Å²) in [5, 5.41) is 9.47. The van der Waals surface area contributed by atoms with Gasteiger partial charge in [-0.05, 0) is 86.0 Å². The standard InChI is InChI=1S/C27H27ClN4O5/c1-4-36-24-13-19(15-29-32-27(35)26(34)31-21-7-5-6-20(28)14-21)9-11-23(24)37-16-25(33)30-22-10-8-17(2)18(3)12-22/h5-15H,4,16H2,1-3H3,(H,30,33)(H,31,34)(H,32,35)/b29-15-. The lowest BCUT2D eigenvalue weighted by molar-refractivity contribution is -0.136. The van der Waals surface area contributed by atoms with E-state index in [0.717, 1.165) is 11.1 Å². The maximum Gasteiger partial charge on any atom is 0.329 e. The number of amides is 3. The molecule has 10 heteroatoms. The summed E-state index contributed by atoms with van der Waals surface area (Å²) in [5.74, 6) is -1.38. The van der Waals surface area contributed by atoms with Crippen molar-refractivity contribution in [2.45, 2.75) is 20.8 Å². The summed E-state index contributed by atoms with van der Waals surface area (Å²) in [6, 6.07) is 17.0. The lowest BCUT2D eigenvalue weighted by atomic mass is 10.1. The molecule has 0 heterocycles. The molecule has 0 radical (unpaired) electrons. The van der Waals surface area contributed by atoms with Gasteiger partial charge in [-0.1, -0.05) is 23.7 Å². The quantitative estimate of drug-likeness (QED) is 0.218. The van der Waals surface area contributed by atoms with Crippen LogP contribution in [0.15, 0.2) is 65.8 Å². The van der Waals surface area contributed by atoms with E-state index >= 15 is 0 Å². The van der Waals surface area contributed by atoms with E-state index in [1.165, 1.54) is 12.3 Å². The van der Waals surface area contributed by atoms with Gasteiger partial charge in [-0.25, -0.2) is 5.43 Å². The molecule has 3 rings (SSSR count). The molecule has 3 amide bonds. The van der Waals surface area contributed by atoms with Crippen LogP contribution in [-0.4, -0.2) is 37.1 Å². The van der Waals surface area contributed by atoms with Crippen LogP contribution in [0.25, 0.3) is 0 Å². The highest BCUT2D eigenvalue weighted by Crippen LogP contribution is 2.28. The molecule has 3 aromatic carbocycles. The second-order valence-electron chi connectivity index (χ2n) is 7.94. The average Bonchev–Trinajstić information content (AvgIpc) is 2.86. The van der Waals surface area contributed by atoms with Crippen molar-refractivity contribution in [2.75, 3.05) is 23.8 Å². The van der Waals surface area contributed by atoms with Crippen molar-refractivity contribution < 1.29 is 23.9 Å². The number of halogens is 1. The summed E-state index contributed by atoms with van der Waals surface area (Å²) in [5.41, 5.74) is 6.03. The number of ether oxygens (including phenoxy) is 2. The molecular formula is C27H27ClN4O5. The lowest BCUT2D eigenvalue weighted by Gasteiger charge is -2.13. The van der Waals surface area contributed by atoms with E-state index in [4.69, 9.17) is 21.1 Å². The number of hydrogen-bond donors (Lipinski definition) is 3. The van der Waals surface area contributed by atoms with Gasteiger partial charge in [0.1, 0.15) is 0 Å². The molecule has 0 aromatic heterocycles. The predicted molar refractivity (Wildman–Crippen MR) is 143 cm³/mol. The normalized spacial score (nSPS) is 10.6. The van der Waals surface area contributed by atoms with Gasteiger partial charge in [-0.2, -0.15) is 5.10 Å². The van der Waals surface area contributed by atoms with Crippen molar-refractivity contribution in [1.29, 1.82) is 0 Å². The highest BCUT2D eigenvalue weighted by atomic mass is 35.5. The molecule has 0 saturated carbocycles. The van der Waals surface area contributed by atoms with Crippen molar-refractivity contribution in [3.63, 3.8) is 0 Å². The van der Waals surface area contributed by atoms with E-state index < -0.39 is 11.8 Å². The molecule has 3 aromatic rings. The molecule has 0 spiro atoms. The van der Waals surface area contributed by atoms with E-state index in [-0.39, 0.29) is 12.5 Å². The molecule has 3 N–H and O–H groups in total. The second kappa shape index (κ2) is 13.1. The van der Waals surface area contributed by atoms with Crippen LogP contribution in [0.2, 0.25) is 5.02 Å². The van der Waals surface area contributed by atoms with Crippen molar-refractivity contribution in [2.24, 2.45) is 5.10 Å². The van der Waals surface area contributed by atoms with Crippen LogP contribution in [-0.2, 0) is 14.4 Å². The molecule has 0 unspecified atom stereocenters. The van der Waals surface area contributed by atoms with Crippen LogP contribution in [0.5, 0.6) is 11.5 Å². The third-order valence-corrected chi connectivity index (χ3v) is 5.32. The second-order valence-corrected chi connectivity index (χ2v) is 8.38. The molecule has 0 fully saturated rings. The molecule has 0 bridgehead atoms. The summed E-state index contributed by atoms with van der Waals surface area (Å²) in [4.78, 5) is 36.4. The zero-order valence-electron chi connectivity index (χ0n) is 20.6. The number of nitrogens with zero attached hydrogens (tertiary/aromatic N) is 1. The topological polar surface area (TPSA) is 118 Å². The zero-order valence-corrected chi connectivity index (χ0v) is 21.4. The highest BCUT2D eigenvalue weighted by molar-refractivity contribution is 6.39. The largest absolute Gasteiger partial charge is 0.490 e. The molecule has 0 aliphatic carbocycles. The van der Waals surface area contributed by atoms with E-state index in [1.54, 1.807) is 36.4 Å². The number of carbonyl (C=O) groups excluding carboxylic acids is 3. The monoisotopic (exact) mass is 522 g/mol. The van der Waals surface area contributed by atoms with Gasteiger partial charge in [-0.3, -0.25) is 14.4 Å². The Morgan fingerprint density at radius 3 is 2.38 bits per heavy atom. The van der Waals surface area contributed by atoms with E-state index in [9.17, 15) is 14.4 Å². The first kappa shape index (κ1) is 27.2.